The molecule has 0 spiro atoms. The smallest absolute Gasteiger partial charge is 0.255 e. The Hall–Kier alpha value is -0.791. The molecule has 0 aliphatic rings. The molecule has 54 valence electrons. The van der Waals surface area contributed by atoms with E-state index < -0.39 is 0 Å². The van der Waals surface area contributed by atoms with E-state index in [0.29, 0.717) is 0 Å². The number of rotatable bonds is 0. The average molecular weight is 322 g/mol. The SMILES string of the molecule is [Ir+3].c1cnc2cccnc2c1. The molecule has 11 heavy (non-hydrogen) atoms. The summed E-state index contributed by atoms with van der Waals surface area (Å²) in [6.07, 6.45) is 3.54. The van der Waals surface area contributed by atoms with Gasteiger partial charge in [0.05, 0.1) is 11.0 Å². The van der Waals surface area contributed by atoms with Crippen LogP contribution in [0.1, 0.15) is 0 Å². The summed E-state index contributed by atoms with van der Waals surface area (Å²) in [4.78, 5) is 8.24. The summed E-state index contributed by atoms with van der Waals surface area (Å²) >= 11 is 0. The van der Waals surface area contributed by atoms with Crippen LogP contribution in [0.4, 0.5) is 0 Å². The molecular weight excluding hydrogens is 316 g/mol. The van der Waals surface area contributed by atoms with Crippen molar-refractivity contribution in [2.75, 3.05) is 0 Å². The maximum Gasteiger partial charge on any atom is 3.00 e. The monoisotopic (exact) mass is 323 g/mol. The molecule has 0 aromatic carbocycles. The number of nitrogens with zero attached hydrogens (tertiary/aromatic N) is 2. The van der Waals surface area contributed by atoms with Gasteiger partial charge in [-0.1, -0.05) is 0 Å². The van der Waals surface area contributed by atoms with Crippen molar-refractivity contribution in [1.29, 1.82) is 0 Å². The first-order valence-electron chi connectivity index (χ1n) is 3.12. The van der Waals surface area contributed by atoms with Gasteiger partial charge in [-0.3, -0.25) is 9.97 Å². The fourth-order valence-corrected chi connectivity index (χ4v) is 0.904. The van der Waals surface area contributed by atoms with E-state index >= 15 is 0 Å². The second kappa shape index (κ2) is 3.56. The predicted molar refractivity (Wildman–Crippen MR) is 39.5 cm³/mol. The van der Waals surface area contributed by atoms with Crippen LogP contribution in [0.15, 0.2) is 36.7 Å². The average Bonchev–Trinajstić information content (AvgIpc) is 2.05. The summed E-state index contributed by atoms with van der Waals surface area (Å²) in [6.45, 7) is 0. The Morgan fingerprint density at radius 1 is 0.818 bits per heavy atom. The van der Waals surface area contributed by atoms with Crippen molar-refractivity contribution in [2.45, 2.75) is 0 Å². The zero-order valence-corrected chi connectivity index (χ0v) is 8.09. The van der Waals surface area contributed by atoms with Gasteiger partial charge in [0, 0.05) is 12.4 Å². The standard InChI is InChI=1S/C8H6N2.Ir/c1-3-7-8(9-5-1)4-2-6-10-7;/h1-6H;/q;+3. The van der Waals surface area contributed by atoms with E-state index in [-0.39, 0.29) is 20.1 Å². The summed E-state index contributed by atoms with van der Waals surface area (Å²) in [7, 11) is 0. The molecule has 2 heterocycles. The first kappa shape index (κ1) is 8.31. The van der Waals surface area contributed by atoms with Gasteiger partial charge in [-0.2, -0.15) is 0 Å². The molecule has 0 N–H and O–H groups in total. The van der Waals surface area contributed by atoms with E-state index in [0.717, 1.165) is 11.0 Å². The predicted octanol–water partition coefficient (Wildman–Crippen LogP) is 1.63. The van der Waals surface area contributed by atoms with Crippen molar-refractivity contribution in [2.24, 2.45) is 0 Å². The van der Waals surface area contributed by atoms with Crippen LogP contribution >= 0.6 is 0 Å². The van der Waals surface area contributed by atoms with Gasteiger partial charge in [0.2, 0.25) is 0 Å². The van der Waals surface area contributed by atoms with Gasteiger partial charge in [-0.05, 0) is 24.3 Å². The van der Waals surface area contributed by atoms with Crippen molar-refractivity contribution in [3.05, 3.63) is 36.7 Å². The van der Waals surface area contributed by atoms with Gasteiger partial charge in [0.25, 0.3) is 0 Å². The van der Waals surface area contributed by atoms with Crippen molar-refractivity contribution in [3.63, 3.8) is 0 Å². The molecule has 0 aliphatic carbocycles. The molecule has 3 heteroatoms. The summed E-state index contributed by atoms with van der Waals surface area (Å²) in [6, 6.07) is 7.66. The summed E-state index contributed by atoms with van der Waals surface area (Å²) in [5, 5.41) is 0. The Labute approximate surface area is 78.0 Å². The van der Waals surface area contributed by atoms with Gasteiger partial charge < -0.3 is 0 Å². The van der Waals surface area contributed by atoms with E-state index in [1.54, 1.807) is 12.4 Å². The van der Waals surface area contributed by atoms with Gasteiger partial charge in [0.15, 0.2) is 0 Å². The minimum absolute atomic E-state index is 0. The maximum atomic E-state index is 4.12. The number of aromatic nitrogens is 2. The molecule has 0 atom stereocenters. The van der Waals surface area contributed by atoms with Crippen molar-refractivity contribution < 1.29 is 20.1 Å². The first-order chi connectivity index (χ1) is 4.97. The van der Waals surface area contributed by atoms with Crippen molar-refractivity contribution in [1.82, 2.24) is 9.97 Å². The minimum atomic E-state index is 0. The van der Waals surface area contributed by atoms with Gasteiger partial charge in [0.1, 0.15) is 0 Å². The van der Waals surface area contributed by atoms with Crippen LogP contribution in [0.3, 0.4) is 0 Å². The maximum absolute atomic E-state index is 4.12. The third-order valence-electron chi connectivity index (χ3n) is 1.37. The fraction of sp³-hybridized carbons (Fsp3) is 0. The Balaban J connectivity index is 0.000000605. The van der Waals surface area contributed by atoms with E-state index in [1.807, 2.05) is 24.3 Å². The van der Waals surface area contributed by atoms with Gasteiger partial charge in [-0.25, -0.2) is 0 Å². The quantitative estimate of drug-likeness (QED) is 0.737. The second-order valence-electron chi connectivity index (χ2n) is 2.05. The summed E-state index contributed by atoms with van der Waals surface area (Å²) in [5.74, 6) is 0. The number of fused-ring (bicyclic) bond motifs is 1. The Morgan fingerprint density at radius 2 is 1.27 bits per heavy atom. The summed E-state index contributed by atoms with van der Waals surface area (Å²) < 4.78 is 0. The van der Waals surface area contributed by atoms with E-state index in [2.05, 4.69) is 9.97 Å². The molecule has 2 aromatic heterocycles. The molecule has 0 bridgehead atoms. The molecular formula is C8H6IrN2+3. The molecule has 2 aromatic rings. The fourth-order valence-electron chi connectivity index (χ4n) is 0.904. The first-order valence-corrected chi connectivity index (χ1v) is 3.12. The number of hydrogen-bond acceptors (Lipinski definition) is 2. The topological polar surface area (TPSA) is 25.8 Å². The molecule has 0 aliphatic heterocycles. The second-order valence-corrected chi connectivity index (χ2v) is 2.05. The van der Waals surface area contributed by atoms with Gasteiger partial charge >= 0.3 is 20.1 Å². The van der Waals surface area contributed by atoms with Crippen molar-refractivity contribution in [3.8, 4) is 0 Å². The molecule has 0 amide bonds. The van der Waals surface area contributed by atoms with Crippen LogP contribution in [-0.2, 0) is 20.1 Å². The Kier molecular flexibility index (Phi) is 2.69. The van der Waals surface area contributed by atoms with Crippen LogP contribution in [0.25, 0.3) is 11.0 Å². The zero-order chi connectivity index (χ0) is 6.81. The van der Waals surface area contributed by atoms with E-state index in [9.17, 15) is 0 Å². The normalized spacial score (nSPS) is 9.09. The third kappa shape index (κ3) is 1.62. The van der Waals surface area contributed by atoms with E-state index in [1.165, 1.54) is 0 Å². The van der Waals surface area contributed by atoms with Crippen LogP contribution in [0.2, 0.25) is 0 Å². The largest absolute Gasteiger partial charge is 3.00 e. The van der Waals surface area contributed by atoms with Crippen LogP contribution < -0.4 is 0 Å². The Bertz CT molecular complexity index is 283. The molecule has 0 unspecified atom stereocenters. The molecule has 0 radical (unpaired) electrons. The van der Waals surface area contributed by atoms with Gasteiger partial charge in [-0.15, -0.1) is 0 Å². The summed E-state index contributed by atoms with van der Waals surface area (Å²) in [5.41, 5.74) is 1.90. The van der Waals surface area contributed by atoms with Crippen LogP contribution in [0, 0.1) is 0 Å². The van der Waals surface area contributed by atoms with Crippen LogP contribution in [0.5, 0.6) is 0 Å². The molecule has 2 nitrogen and oxygen atoms in total. The van der Waals surface area contributed by atoms with E-state index in [4.69, 9.17) is 0 Å². The molecule has 2 rings (SSSR count). The third-order valence-corrected chi connectivity index (χ3v) is 1.37. The molecule has 0 saturated heterocycles. The number of hydrogen-bond donors (Lipinski definition) is 0. The Morgan fingerprint density at radius 3 is 1.73 bits per heavy atom. The van der Waals surface area contributed by atoms with Crippen molar-refractivity contribution >= 4 is 11.0 Å². The van der Waals surface area contributed by atoms with Crippen LogP contribution in [-0.4, -0.2) is 9.97 Å². The number of pyridine rings is 2. The minimum Gasteiger partial charge on any atom is -0.255 e. The molecule has 0 saturated carbocycles. The molecule has 0 fully saturated rings. The zero-order valence-electron chi connectivity index (χ0n) is 5.69.